The molecule has 0 bridgehead atoms. The number of rotatable bonds is 2. The maximum atomic E-state index is 12.2. The number of nitrogens with zero attached hydrogens (tertiary/aromatic N) is 3. The van der Waals surface area contributed by atoms with Gasteiger partial charge < -0.3 is 4.90 Å². The number of benzene rings is 1. The summed E-state index contributed by atoms with van der Waals surface area (Å²) < 4.78 is 0. The third-order valence-electron chi connectivity index (χ3n) is 3.40. The van der Waals surface area contributed by atoms with Gasteiger partial charge in [-0.05, 0) is 31.0 Å². The van der Waals surface area contributed by atoms with Crippen LogP contribution in [0.3, 0.4) is 0 Å². The standard InChI is InChI=1S/C15H15N3O/c1-10(2)18-14-5-3-4-12(13(14)6-15(18)19)11-7-16-9-17-8-11/h3-5,7-10H,6H2,1-2H3. The maximum absolute atomic E-state index is 12.2. The second-order valence-corrected chi connectivity index (χ2v) is 4.96. The lowest BCUT2D eigenvalue weighted by atomic mass is 10.00. The lowest BCUT2D eigenvalue weighted by Crippen LogP contribution is -2.33. The van der Waals surface area contributed by atoms with Crippen LogP contribution in [0, 0.1) is 0 Å². The summed E-state index contributed by atoms with van der Waals surface area (Å²) in [6.45, 7) is 4.07. The largest absolute Gasteiger partial charge is 0.309 e. The van der Waals surface area contributed by atoms with E-state index in [0.29, 0.717) is 6.42 Å². The van der Waals surface area contributed by atoms with Crippen molar-refractivity contribution in [2.75, 3.05) is 4.90 Å². The minimum atomic E-state index is 0.161. The molecular formula is C15H15N3O. The minimum absolute atomic E-state index is 0.161. The summed E-state index contributed by atoms with van der Waals surface area (Å²) in [5.74, 6) is 0.161. The van der Waals surface area contributed by atoms with Gasteiger partial charge in [-0.15, -0.1) is 0 Å². The van der Waals surface area contributed by atoms with E-state index in [1.165, 1.54) is 6.33 Å². The van der Waals surface area contributed by atoms with E-state index in [4.69, 9.17) is 0 Å². The normalized spacial score (nSPS) is 14.1. The molecule has 0 unspecified atom stereocenters. The average Bonchev–Trinajstić information content (AvgIpc) is 2.75. The summed E-state index contributed by atoms with van der Waals surface area (Å²) in [5.41, 5.74) is 4.10. The van der Waals surface area contributed by atoms with Crippen molar-refractivity contribution >= 4 is 11.6 Å². The van der Waals surface area contributed by atoms with E-state index in [-0.39, 0.29) is 11.9 Å². The van der Waals surface area contributed by atoms with Crippen molar-refractivity contribution in [3.8, 4) is 11.1 Å². The van der Waals surface area contributed by atoms with Gasteiger partial charge >= 0.3 is 0 Å². The van der Waals surface area contributed by atoms with E-state index in [1.54, 1.807) is 12.4 Å². The number of hydrogen-bond acceptors (Lipinski definition) is 3. The molecule has 3 rings (SSSR count). The average molecular weight is 253 g/mol. The summed E-state index contributed by atoms with van der Waals surface area (Å²) in [7, 11) is 0. The van der Waals surface area contributed by atoms with Gasteiger partial charge in [-0.25, -0.2) is 9.97 Å². The van der Waals surface area contributed by atoms with Gasteiger partial charge in [-0.2, -0.15) is 0 Å². The first-order valence-corrected chi connectivity index (χ1v) is 6.38. The zero-order valence-corrected chi connectivity index (χ0v) is 11.0. The molecule has 1 aromatic carbocycles. The fraction of sp³-hybridized carbons (Fsp3) is 0.267. The van der Waals surface area contributed by atoms with Crippen LogP contribution >= 0.6 is 0 Å². The topological polar surface area (TPSA) is 46.1 Å². The Morgan fingerprint density at radius 3 is 2.63 bits per heavy atom. The molecule has 0 spiro atoms. The van der Waals surface area contributed by atoms with E-state index in [9.17, 15) is 4.79 Å². The van der Waals surface area contributed by atoms with Crippen LogP contribution < -0.4 is 4.90 Å². The SMILES string of the molecule is CC(C)N1C(=O)Cc2c(-c3cncnc3)cccc21. The molecule has 0 saturated heterocycles. The highest BCUT2D eigenvalue weighted by atomic mass is 16.2. The highest BCUT2D eigenvalue weighted by Crippen LogP contribution is 2.37. The Morgan fingerprint density at radius 2 is 1.95 bits per heavy atom. The fourth-order valence-corrected chi connectivity index (χ4v) is 2.63. The lowest BCUT2D eigenvalue weighted by molar-refractivity contribution is -0.117. The van der Waals surface area contributed by atoms with Crippen LogP contribution in [-0.2, 0) is 11.2 Å². The number of fused-ring (bicyclic) bond motifs is 1. The van der Waals surface area contributed by atoms with Gasteiger partial charge in [-0.1, -0.05) is 12.1 Å². The fourth-order valence-electron chi connectivity index (χ4n) is 2.63. The third kappa shape index (κ3) is 1.89. The zero-order valence-electron chi connectivity index (χ0n) is 11.0. The summed E-state index contributed by atoms with van der Waals surface area (Å²) in [5, 5.41) is 0. The Balaban J connectivity index is 2.15. The molecule has 2 aromatic rings. The van der Waals surface area contributed by atoms with Crippen LogP contribution in [0.4, 0.5) is 5.69 Å². The Kier molecular flexibility index (Phi) is 2.78. The molecule has 1 aromatic heterocycles. The van der Waals surface area contributed by atoms with Crippen molar-refractivity contribution in [1.29, 1.82) is 0 Å². The Labute approximate surface area is 112 Å². The number of anilines is 1. The van der Waals surface area contributed by atoms with Crippen LogP contribution in [0.25, 0.3) is 11.1 Å². The van der Waals surface area contributed by atoms with Crippen molar-refractivity contribution in [2.45, 2.75) is 26.3 Å². The van der Waals surface area contributed by atoms with Crippen molar-refractivity contribution in [1.82, 2.24) is 9.97 Å². The first-order valence-electron chi connectivity index (χ1n) is 6.38. The molecule has 1 aliphatic heterocycles. The van der Waals surface area contributed by atoms with Gasteiger partial charge in [0.2, 0.25) is 5.91 Å². The van der Waals surface area contributed by atoms with Gasteiger partial charge in [0.25, 0.3) is 0 Å². The molecule has 1 amide bonds. The first kappa shape index (κ1) is 11.8. The number of carbonyl (C=O) groups is 1. The van der Waals surface area contributed by atoms with E-state index in [1.807, 2.05) is 36.9 Å². The van der Waals surface area contributed by atoms with Crippen molar-refractivity contribution in [2.24, 2.45) is 0 Å². The number of hydrogen-bond donors (Lipinski definition) is 0. The molecule has 19 heavy (non-hydrogen) atoms. The van der Waals surface area contributed by atoms with Gasteiger partial charge in [0.1, 0.15) is 6.33 Å². The highest BCUT2D eigenvalue weighted by molar-refractivity contribution is 6.04. The van der Waals surface area contributed by atoms with Crippen LogP contribution in [0.1, 0.15) is 19.4 Å². The molecule has 0 radical (unpaired) electrons. The Morgan fingerprint density at radius 1 is 1.21 bits per heavy atom. The number of aromatic nitrogens is 2. The highest BCUT2D eigenvalue weighted by Gasteiger charge is 2.30. The van der Waals surface area contributed by atoms with Gasteiger partial charge in [0, 0.05) is 29.7 Å². The second-order valence-electron chi connectivity index (χ2n) is 4.96. The predicted molar refractivity (Wildman–Crippen MR) is 73.8 cm³/mol. The third-order valence-corrected chi connectivity index (χ3v) is 3.40. The molecule has 4 heteroatoms. The molecule has 0 aliphatic carbocycles. The minimum Gasteiger partial charge on any atom is -0.309 e. The number of amides is 1. The van der Waals surface area contributed by atoms with E-state index in [0.717, 1.165) is 22.4 Å². The van der Waals surface area contributed by atoms with Crippen molar-refractivity contribution in [3.63, 3.8) is 0 Å². The van der Waals surface area contributed by atoms with E-state index >= 15 is 0 Å². The summed E-state index contributed by atoms with van der Waals surface area (Å²) in [6, 6.07) is 6.19. The van der Waals surface area contributed by atoms with Gasteiger partial charge in [0.15, 0.2) is 0 Å². The smallest absolute Gasteiger partial charge is 0.231 e. The Hall–Kier alpha value is -2.23. The van der Waals surface area contributed by atoms with Crippen LogP contribution in [0.15, 0.2) is 36.9 Å². The summed E-state index contributed by atoms with van der Waals surface area (Å²) >= 11 is 0. The van der Waals surface area contributed by atoms with Crippen LogP contribution in [0.5, 0.6) is 0 Å². The summed E-state index contributed by atoms with van der Waals surface area (Å²) in [6.07, 6.45) is 5.53. The lowest BCUT2D eigenvalue weighted by Gasteiger charge is -2.22. The molecular weight excluding hydrogens is 238 g/mol. The van der Waals surface area contributed by atoms with Gasteiger partial charge in [-0.3, -0.25) is 4.79 Å². The molecule has 96 valence electrons. The molecule has 0 N–H and O–H groups in total. The molecule has 4 nitrogen and oxygen atoms in total. The summed E-state index contributed by atoms with van der Waals surface area (Å²) in [4.78, 5) is 22.1. The van der Waals surface area contributed by atoms with Gasteiger partial charge in [0.05, 0.1) is 6.42 Å². The van der Waals surface area contributed by atoms with Crippen molar-refractivity contribution < 1.29 is 4.79 Å². The van der Waals surface area contributed by atoms with Crippen molar-refractivity contribution in [3.05, 3.63) is 42.5 Å². The maximum Gasteiger partial charge on any atom is 0.231 e. The molecule has 1 aliphatic rings. The molecule has 2 heterocycles. The first-order chi connectivity index (χ1) is 9.18. The quantitative estimate of drug-likeness (QED) is 0.825. The Bertz CT molecular complexity index is 623. The zero-order chi connectivity index (χ0) is 13.4. The van der Waals surface area contributed by atoms with E-state index in [2.05, 4.69) is 9.97 Å². The molecule has 0 atom stereocenters. The second kappa shape index (κ2) is 4.46. The molecule has 0 fully saturated rings. The van der Waals surface area contributed by atoms with Crippen LogP contribution in [0.2, 0.25) is 0 Å². The molecule has 0 saturated carbocycles. The monoisotopic (exact) mass is 253 g/mol. The van der Waals surface area contributed by atoms with Crippen LogP contribution in [-0.4, -0.2) is 21.9 Å². The number of carbonyl (C=O) groups excluding carboxylic acids is 1. The predicted octanol–water partition coefficient (Wildman–Crippen LogP) is 2.44. The van der Waals surface area contributed by atoms with E-state index < -0.39 is 0 Å².